The summed E-state index contributed by atoms with van der Waals surface area (Å²) in [5.74, 6) is 0.436. The molecule has 1 aromatic carbocycles. The maximum absolute atomic E-state index is 12.1. The summed E-state index contributed by atoms with van der Waals surface area (Å²) in [6, 6.07) is 9.76. The van der Waals surface area contributed by atoms with Crippen LogP contribution in [0.15, 0.2) is 35.3 Å². The molecular formula is C19H31N5O2. The molecule has 0 unspecified atom stereocenters. The SMILES string of the molecule is CC(C)(C)OC(=O)N1CCN(CCCN=C(N)Nc2ccccc2)CC1. The van der Waals surface area contributed by atoms with Crippen molar-refractivity contribution < 1.29 is 9.53 Å². The van der Waals surface area contributed by atoms with E-state index in [0.717, 1.165) is 31.7 Å². The van der Waals surface area contributed by atoms with Gasteiger partial charge < -0.3 is 20.7 Å². The molecule has 0 bridgehead atoms. The first-order chi connectivity index (χ1) is 12.3. The molecule has 144 valence electrons. The van der Waals surface area contributed by atoms with E-state index in [1.54, 1.807) is 4.90 Å². The summed E-state index contributed by atoms with van der Waals surface area (Å²) in [5, 5.41) is 3.07. The predicted octanol–water partition coefficient (Wildman–Crippen LogP) is 2.36. The Kier molecular flexibility index (Phi) is 7.26. The summed E-state index contributed by atoms with van der Waals surface area (Å²) in [7, 11) is 0. The number of carbonyl (C=O) groups is 1. The Morgan fingerprint density at radius 1 is 1.19 bits per heavy atom. The number of amides is 1. The molecule has 7 heteroatoms. The van der Waals surface area contributed by atoms with Crippen LogP contribution in [-0.2, 0) is 4.74 Å². The van der Waals surface area contributed by atoms with Gasteiger partial charge in [-0.05, 0) is 39.3 Å². The Labute approximate surface area is 156 Å². The van der Waals surface area contributed by atoms with E-state index >= 15 is 0 Å². The van der Waals surface area contributed by atoms with Gasteiger partial charge in [0.05, 0.1) is 0 Å². The quantitative estimate of drug-likeness (QED) is 0.478. The Morgan fingerprint density at radius 3 is 2.46 bits per heavy atom. The molecule has 2 rings (SSSR count). The van der Waals surface area contributed by atoms with Crippen LogP contribution in [0.25, 0.3) is 0 Å². The van der Waals surface area contributed by atoms with Gasteiger partial charge in [0.1, 0.15) is 5.60 Å². The molecule has 3 N–H and O–H groups in total. The summed E-state index contributed by atoms with van der Waals surface area (Å²) < 4.78 is 5.42. The van der Waals surface area contributed by atoms with Crippen molar-refractivity contribution in [3.05, 3.63) is 30.3 Å². The number of hydrogen-bond donors (Lipinski definition) is 2. The Balaban J connectivity index is 1.63. The van der Waals surface area contributed by atoms with Crippen LogP contribution in [0, 0.1) is 0 Å². The van der Waals surface area contributed by atoms with Crippen LogP contribution in [-0.4, -0.2) is 66.7 Å². The van der Waals surface area contributed by atoms with E-state index in [-0.39, 0.29) is 6.09 Å². The number of rotatable bonds is 5. The second-order valence-electron chi connectivity index (χ2n) is 7.42. The Bertz CT molecular complexity index is 590. The van der Waals surface area contributed by atoms with E-state index in [1.807, 2.05) is 51.1 Å². The molecule has 7 nitrogen and oxygen atoms in total. The summed E-state index contributed by atoms with van der Waals surface area (Å²) in [5.41, 5.74) is 6.39. The lowest BCUT2D eigenvalue weighted by atomic mass is 10.2. The van der Waals surface area contributed by atoms with E-state index in [4.69, 9.17) is 10.5 Å². The molecule has 1 fully saturated rings. The number of guanidine groups is 1. The zero-order chi connectivity index (χ0) is 19.0. The van der Waals surface area contributed by atoms with E-state index in [2.05, 4.69) is 15.2 Å². The minimum Gasteiger partial charge on any atom is -0.444 e. The third-order valence-electron chi connectivity index (χ3n) is 3.98. The fourth-order valence-corrected chi connectivity index (χ4v) is 2.68. The number of anilines is 1. The van der Waals surface area contributed by atoms with Crippen LogP contribution < -0.4 is 11.1 Å². The van der Waals surface area contributed by atoms with E-state index in [1.165, 1.54) is 0 Å². The first-order valence-electron chi connectivity index (χ1n) is 9.16. The third kappa shape index (κ3) is 7.31. The standard InChI is InChI=1S/C19H31N5O2/c1-19(2,3)26-18(25)24-14-12-23(13-15-24)11-7-10-21-17(20)22-16-8-5-4-6-9-16/h4-6,8-9H,7,10-15H2,1-3H3,(H3,20,21,22). The van der Waals surface area contributed by atoms with Crippen LogP contribution in [0.3, 0.4) is 0 Å². The predicted molar refractivity (Wildman–Crippen MR) is 105 cm³/mol. The number of piperazine rings is 1. The molecule has 0 saturated carbocycles. The molecule has 1 aromatic rings. The molecule has 0 atom stereocenters. The fourth-order valence-electron chi connectivity index (χ4n) is 2.68. The van der Waals surface area contributed by atoms with Crippen molar-refractivity contribution in [2.45, 2.75) is 32.8 Å². The highest BCUT2D eigenvalue weighted by atomic mass is 16.6. The summed E-state index contributed by atoms with van der Waals surface area (Å²) in [6.07, 6.45) is 0.713. The van der Waals surface area contributed by atoms with Crippen molar-refractivity contribution in [3.8, 4) is 0 Å². The van der Waals surface area contributed by atoms with Gasteiger partial charge in [0.2, 0.25) is 0 Å². The number of benzene rings is 1. The van der Waals surface area contributed by atoms with E-state index in [9.17, 15) is 4.79 Å². The number of nitrogens with two attached hydrogens (primary N) is 1. The van der Waals surface area contributed by atoms with Crippen molar-refractivity contribution in [3.63, 3.8) is 0 Å². The second-order valence-corrected chi connectivity index (χ2v) is 7.42. The van der Waals surface area contributed by atoms with Gasteiger partial charge in [-0.3, -0.25) is 9.89 Å². The van der Waals surface area contributed by atoms with Crippen LogP contribution in [0.1, 0.15) is 27.2 Å². The molecule has 1 aliphatic heterocycles. The zero-order valence-corrected chi connectivity index (χ0v) is 16.1. The largest absolute Gasteiger partial charge is 0.444 e. The van der Waals surface area contributed by atoms with Crippen molar-refractivity contribution in [2.24, 2.45) is 10.7 Å². The van der Waals surface area contributed by atoms with Gasteiger partial charge in [-0.15, -0.1) is 0 Å². The van der Waals surface area contributed by atoms with E-state index < -0.39 is 5.60 Å². The molecule has 1 saturated heterocycles. The zero-order valence-electron chi connectivity index (χ0n) is 16.1. The summed E-state index contributed by atoms with van der Waals surface area (Å²) >= 11 is 0. The molecule has 0 radical (unpaired) electrons. The third-order valence-corrected chi connectivity index (χ3v) is 3.98. The smallest absolute Gasteiger partial charge is 0.410 e. The normalized spacial score (nSPS) is 16.4. The number of hydrogen-bond acceptors (Lipinski definition) is 4. The van der Waals surface area contributed by atoms with Crippen LogP contribution in [0.2, 0.25) is 0 Å². The highest BCUT2D eigenvalue weighted by molar-refractivity contribution is 5.92. The maximum Gasteiger partial charge on any atom is 0.410 e. The number of carbonyl (C=O) groups excluding carboxylic acids is 1. The molecule has 0 aliphatic carbocycles. The van der Waals surface area contributed by atoms with Crippen molar-refractivity contribution in [1.82, 2.24) is 9.80 Å². The highest BCUT2D eigenvalue weighted by Crippen LogP contribution is 2.12. The number of nitrogens with zero attached hydrogens (tertiary/aromatic N) is 3. The Morgan fingerprint density at radius 2 is 1.85 bits per heavy atom. The molecule has 1 heterocycles. The van der Waals surface area contributed by atoms with Gasteiger partial charge >= 0.3 is 6.09 Å². The molecule has 1 amide bonds. The van der Waals surface area contributed by atoms with Crippen LogP contribution in [0.4, 0.5) is 10.5 Å². The fraction of sp³-hybridized carbons (Fsp3) is 0.579. The molecule has 0 aromatic heterocycles. The van der Waals surface area contributed by atoms with Gasteiger partial charge in [-0.25, -0.2) is 4.79 Å². The summed E-state index contributed by atoms with van der Waals surface area (Å²) in [4.78, 5) is 20.5. The molecular weight excluding hydrogens is 330 g/mol. The van der Waals surface area contributed by atoms with Gasteiger partial charge in [0.15, 0.2) is 5.96 Å². The van der Waals surface area contributed by atoms with Crippen LogP contribution in [0.5, 0.6) is 0 Å². The number of nitrogens with one attached hydrogen (secondary N) is 1. The molecule has 0 spiro atoms. The number of ether oxygens (including phenoxy) is 1. The first kappa shape index (κ1) is 20.0. The second kappa shape index (κ2) is 9.43. The number of aliphatic imine (C=N–C) groups is 1. The first-order valence-corrected chi connectivity index (χ1v) is 9.16. The minimum atomic E-state index is -0.445. The van der Waals surface area contributed by atoms with Crippen molar-refractivity contribution in [2.75, 3.05) is 44.6 Å². The van der Waals surface area contributed by atoms with Crippen molar-refractivity contribution >= 4 is 17.7 Å². The van der Waals surface area contributed by atoms with Gasteiger partial charge in [-0.1, -0.05) is 18.2 Å². The van der Waals surface area contributed by atoms with Crippen LogP contribution >= 0.6 is 0 Å². The Hall–Kier alpha value is -2.28. The molecule has 1 aliphatic rings. The topological polar surface area (TPSA) is 83.2 Å². The lowest BCUT2D eigenvalue weighted by Gasteiger charge is -2.35. The average molecular weight is 361 g/mol. The highest BCUT2D eigenvalue weighted by Gasteiger charge is 2.25. The average Bonchev–Trinajstić information content (AvgIpc) is 2.58. The summed E-state index contributed by atoms with van der Waals surface area (Å²) in [6.45, 7) is 10.4. The maximum atomic E-state index is 12.1. The number of para-hydroxylation sites is 1. The lowest BCUT2D eigenvalue weighted by molar-refractivity contribution is 0.0145. The minimum absolute atomic E-state index is 0.221. The van der Waals surface area contributed by atoms with Gasteiger partial charge in [0.25, 0.3) is 0 Å². The molecule has 26 heavy (non-hydrogen) atoms. The van der Waals surface area contributed by atoms with Crippen molar-refractivity contribution in [1.29, 1.82) is 0 Å². The van der Waals surface area contributed by atoms with E-state index in [0.29, 0.717) is 25.6 Å². The van der Waals surface area contributed by atoms with Gasteiger partial charge in [-0.2, -0.15) is 0 Å². The van der Waals surface area contributed by atoms with Gasteiger partial charge in [0, 0.05) is 45.0 Å². The lowest BCUT2D eigenvalue weighted by Crippen LogP contribution is -2.50. The monoisotopic (exact) mass is 361 g/mol.